The number of aliphatic hydroxyl groups excluding tert-OH is 1. The average Bonchev–Trinajstić information content (AvgIpc) is 2.96. The molecule has 146 valence electrons. The van der Waals surface area contributed by atoms with E-state index >= 15 is 0 Å². The van der Waals surface area contributed by atoms with E-state index in [0.717, 1.165) is 11.1 Å². The zero-order valence-electron chi connectivity index (χ0n) is 15.4. The van der Waals surface area contributed by atoms with Crippen LogP contribution >= 0.6 is 0 Å². The maximum atomic E-state index is 11.4. The molecule has 1 aromatic heterocycles. The number of hydrogen-bond donors (Lipinski definition) is 2. The lowest BCUT2D eigenvalue weighted by atomic mass is 9.99. The fourth-order valence-corrected chi connectivity index (χ4v) is 3.58. The van der Waals surface area contributed by atoms with E-state index in [9.17, 15) is 9.90 Å². The third-order valence-corrected chi connectivity index (χ3v) is 4.82. The maximum absolute atomic E-state index is 11.4. The Kier molecular flexibility index (Phi) is 4.69. The van der Waals surface area contributed by atoms with Crippen LogP contribution in [0.2, 0.25) is 0 Å². The SMILES string of the molecule is CO[C@H]1OC(CNc2ccc3ccc(=O)oc3c2)[C@H](O)[C@@H]2OC(C)(C)OC12. The summed E-state index contributed by atoms with van der Waals surface area (Å²) in [5, 5.41) is 14.7. The summed E-state index contributed by atoms with van der Waals surface area (Å²) < 4.78 is 28.1. The lowest BCUT2D eigenvalue weighted by Gasteiger charge is -2.39. The summed E-state index contributed by atoms with van der Waals surface area (Å²) in [6.07, 6.45) is -3.12. The normalized spacial score (nSPS) is 32.4. The van der Waals surface area contributed by atoms with E-state index in [4.69, 9.17) is 23.4 Å². The van der Waals surface area contributed by atoms with Gasteiger partial charge in [0.25, 0.3) is 0 Å². The molecule has 0 radical (unpaired) electrons. The highest BCUT2D eigenvalue weighted by Crippen LogP contribution is 2.37. The number of ether oxygens (including phenoxy) is 4. The first-order valence-corrected chi connectivity index (χ1v) is 8.86. The minimum absolute atomic E-state index is 0.316. The van der Waals surface area contributed by atoms with Crippen molar-refractivity contribution in [3.63, 3.8) is 0 Å². The average molecular weight is 377 g/mol. The Balaban J connectivity index is 1.48. The van der Waals surface area contributed by atoms with Crippen LogP contribution in [-0.4, -0.2) is 55.3 Å². The first-order chi connectivity index (χ1) is 12.9. The molecule has 5 atom stereocenters. The molecule has 2 unspecified atom stereocenters. The number of aliphatic hydroxyl groups is 1. The molecule has 0 spiro atoms. The Bertz CT molecular complexity index is 880. The van der Waals surface area contributed by atoms with Gasteiger partial charge < -0.3 is 33.8 Å². The minimum atomic E-state index is -0.880. The predicted octanol–water partition coefficient (Wildman–Crippen LogP) is 1.46. The molecule has 27 heavy (non-hydrogen) atoms. The van der Waals surface area contributed by atoms with Crippen LogP contribution in [-0.2, 0) is 18.9 Å². The van der Waals surface area contributed by atoms with Crippen LogP contribution in [0.4, 0.5) is 5.69 Å². The maximum Gasteiger partial charge on any atom is 0.336 e. The van der Waals surface area contributed by atoms with E-state index in [-0.39, 0.29) is 0 Å². The molecule has 8 nitrogen and oxygen atoms in total. The molecule has 0 bridgehead atoms. The van der Waals surface area contributed by atoms with Gasteiger partial charge in [0.1, 0.15) is 30.0 Å². The van der Waals surface area contributed by atoms with Gasteiger partial charge in [0.05, 0.1) is 0 Å². The Morgan fingerprint density at radius 2 is 1.93 bits per heavy atom. The quantitative estimate of drug-likeness (QED) is 0.773. The Morgan fingerprint density at radius 3 is 2.70 bits per heavy atom. The second-order valence-electron chi connectivity index (χ2n) is 7.22. The zero-order chi connectivity index (χ0) is 19.2. The second-order valence-corrected chi connectivity index (χ2v) is 7.22. The topological polar surface area (TPSA) is 99.4 Å². The molecule has 2 aromatic rings. The van der Waals surface area contributed by atoms with Crippen molar-refractivity contribution in [1.29, 1.82) is 0 Å². The molecular formula is C19H23NO7. The van der Waals surface area contributed by atoms with Crippen LogP contribution in [0.25, 0.3) is 11.0 Å². The van der Waals surface area contributed by atoms with E-state index in [1.807, 2.05) is 12.1 Å². The molecule has 0 aliphatic carbocycles. The van der Waals surface area contributed by atoms with Crippen molar-refractivity contribution in [2.24, 2.45) is 0 Å². The largest absolute Gasteiger partial charge is 0.423 e. The predicted molar refractivity (Wildman–Crippen MR) is 96.5 cm³/mol. The van der Waals surface area contributed by atoms with Gasteiger partial charge >= 0.3 is 5.63 Å². The van der Waals surface area contributed by atoms with Gasteiger partial charge in [-0.2, -0.15) is 0 Å². The standard InChI is InChI=1S/C19H23NO7/c1-19(2)26-16-15(22)13(25-18(23-3)17(16)27-19)9-20-11-6-4-10-5-7-14(21)24-12(10)8-11/h4-8,13,15-18,20,22H,9H2,1-3H3/t13?,15-,16-,17?,18-/m0/s1. The first kappa shape index (κ1) is 18.4. The smallest absolute Gasteiger partial charge is 0.336 e. The fourth-order valence-electron chi connectivity index (χ4n) is 3.58. The number of rotatable bonds is 4. The van der Waals surface area contributed by atoms with E-state index in [1.165, 1.54) is 13.2 Å². The van der Waals surface area contributed by atoms with Crippen molar-refractivity contribution >= 4 is 16.7 Å². The molecule has 0 saturated carbocycles. The monoisotopic (exact) mass is 377 g/mol. The van der Waals surface area contributed by atoms with Crippen molar-refractivity contribution < 1.29 is 28.5 Å². The van der Waals surface area contributed by atoms with E-state index in [2.05, 4.69) is 5.32 Å². The van der Waals surface area contributed by atoms with Crippen molar-refractivity contribution in [3.05, 3.63) is 40.8 Å². The van der Waals surface area contributed by atoms with Gasteiger partial charge in [-0.25, -0.2) is 4.79 Å². The molecule has 2 fully saturated rings. The summed E-state index contributed by atoms with van der Waals surface area (Å²) in [6, 6.07) is 8.55. The number of anilines is 1. The summed E-state index contributed by atoms with van der Waals surface area (Å²) in [5.74, 6) is -0.811. The van der Waals surface area contributed by atoms with Crippen molar-refractivity contribution in [3.8, 4) is 0 Å². The van der Waals surface area contributed by atoms with Crippen LogP contribution in [0.15, 0.2) is 39.5 Å². The highest BCUT2D eigenvalue weighted by molar-refractivity contribution is 5.80. The van der Waals surface area contributed by atoms with E-state index in [1.54, 1.807) is 26.0 Å². The van der Waals surface area contributed by atoms with Gasteiger partial charge in [-0.3, -0.25) is 0 Å². The molecule has 2 N–H and O–H groups in total. The van der Waals surface area contributed by atoms with Gasteiger partial charge in [-0.15, -0.1) is 0 Å². The van der Waals surface area contributed by atoms with Crippen molar-refractivity contribution in [2.75, 3.05) is 19.0 Å². The summed E-state index contributed by atoms with van der Waals surface area (Å²) >= 11 is 0. The molecule has 2 aliphatic heterocycles. The molecular weight excluding hydrogens is 354 g/mol. The zero-order valence-corrected chi connectivity index (χ0v) is 15.4. The number of benzene rings is 1. The van der Waals surface area contributed by atoms with Crippen molar-refractivity contribution in [2.45, 2.75) is 50.3 Å². The van der Waals surface area contributed by atoms with Crippen LogP contribution in [0.5, 0.6) is 0 Å². The van der Waals surface area contributed by atoms with Gasteiger partial charge in [0.15, 0.2) is 12.1 Å². The summed E-state index contributed by atoms with van der Waals surface area (Å²) in [6.45, 7) is 3.90. The molecule has 4 rings (SSSR count). The number of nitrogens with one attached hydrogen (secondary N) is 1. The summed E-state index contributed by atoms with van der Waals surface area (Å²) in [5.41, 5.74) is 0.829. The van der Waals surface area contributed by atoms with Crippen molar-refractivity contribution in [1.82, 2.24) is 0 Å². The third-order valence-electron chi connectivity index (χ3n) is 4.82. The van der Waals surface area contributed by atoms with Gasteiger partial charge in [0.2, 0.25) is 0 Å². The first-order valence-electron chi connectivity index (χ1n) is 8.86. The molecule has 1 aromatic carbocycles. The molecule has 3 heterocycles. The Hall–Kier alpha value is -1.97. The minimum Gasteiger partial charge on any atom is -0.423 e. The number of hydrogen-bond acceptors (Lipinski definition) is 8. The third kappa shape index (κ3) is 3.59. The van der Waals surface area contributed by atoms with E-state index < -0.39 is 42.1 Å². The highest BCUT2D eigenvalue weighted by Gasteiger charge is 2.55. The van der Waals surface area contributed by atoms with Gasteiger partial charge in [-0.1, -0.05) is 0 Å². The lowest BCUT2D eigenvalue weighted by molar-refractivity contribution is -0.263. The van der Waals surface area contributed by atoms with Crippen LogP contribution in [0, 0.1) is 0 Å². The van der Waals surface area contributed by atoms with E-state index in [0.29, 0.717) is 12.1 Å². The lowest BCUT2D eigenvalue weighted by Crippen LogP contribution is -2.58. The molecule has 8 heteroatoms. The fraction of sp³-hybridized carbons (Fsp3) is 0.526. The number of fused-ring (bicyclic) bond motifs is 2. The molecule has 0 amide bonds. The van der Waals surface area contributed by atoms with Gasteiger partial charge in [0, 0.05) is 36.9 Å². The molecule has 2 saturated heterocycles. The Morgan fingerprint density at radius 1 is 1.19 bits per heavy atom. The summed E-state index contributed by atoms with van der Waals surface area (Å²) in [7, 11) is 1.53. The van der Waals surface area contributed by atoms with Gasteiger partial charge in [-0.05, 0) is 32.0 Å². The summed E-state index contributed by atoms with van der Waals surface area (Å²) in [4.78, 5) is 11.4. The van der Waals surface area contributed by atoms with Crippen LogP contribution < -0.4 is 10.9 Å². The molecule has 2 aliphatic rings. The number of methoxy groups -OCH3 is 1. The highest BCUT2D eigenvalue weighted by atomic mass is 16.8. The Labute approximate surface area is 156 Å². The van der Waals surface area contributed by atoms with Crippen LogP contribution in [0.1, 0.15) is 13.8 Å². The van der Waals surface area contributed by atoms with Crippen LogP contribution in [0.3, 0.4) is 0 Å². The second kappa shape index (κ2) is 6.88.